The van der Waals surface area contributed by atoms with Gasteiger partial charge in [0.2, 0.25) is 5.91 Å². The summed E-state index contributed by atoms with van der Waals surface area (Å²) in [5.74, 6) is 14.2. The van der Waals surface area contributed by atoms with Crippen LogP contribution in [0, 0.1) is 5.41 Å². The van der Waals surface area contributed by atoms with Crippen LogP contribution < -0.4 is 26.8 Å². The number of anilines is 1. The number of piperidine rings is 1. The van der Waals surface area contributed by atoms with Gasteiger partial charge in [-0.2, -0.15) is 9.91 Å². The Morgan fingerprint density at radius 1 is 0.976 bits per heavy atom. The van der Waals surface area contributed by atoms with Crippen molar-refractivity contribution >= 4 is 17.6 Å². The molecule has 2 fully saturated rings. The normalized spacial score (nSPS) is 19.4. The van der Waals surface area contributed by atoms with Crippen molar-refractivity contribution in [1.82, 2.24) is 24.8 Å². The number of aromatic nitrogens is 2. The first-order valence-corrected chi connectivity index (χ1v) is 14.7. The van der Waals surface area contributed by atoms with E-state index in [1.54, 1.807) is 19.3 Å². The highest BCUT2D eigenvalue weighted by molar-refractivity contribution is 5.93. The van der Waals surface area contributed by atoms with E-state index in [4.69, 9.17) is 21.8 Å². The molecule has 6 aliphatic heterocycles. The van der Waals surface area contributed by atoms with E-state index in [1.807, 2.05) is 56.1 Å². The maximum atomic E-state index is 11.4. The minimum absolute atomic E-state index is 0.155. The number of ether oxygens (including phenoxy) is 1. The van der Waals surface area contributed by atoms with E-state index in [2.05, 4.69) is 32.1 Å². The van der Waals surface area contributed by atoms with E-state index >= 15 is 0 Å². The minimum Gasteiger partial charge on any atom is -0.463 e. The molecule has 226 valence electrons. The number of carbonyl (C=O) groups is 1. The van der Waals surface area contributed by atoms with E-state index in [0.717, 1.165) is 61.1 Å². The van der Waals surface area contributed by atoms with E-state index in [0.29, 0.717) is 17.8 Å². The number of hydrogen-bond donors (Lipinski definition) is 3. The van der Waals surface area contributed by atoms with E-state index in [-0.39, 0.29) is 11.4 Å². The highest BCUT2D eigenvalue weighted by atomic mass is 16.5. The van der Waals surface area contributed by atoms with Gasteiger partial charge >= 0.3 is 0 Å². The van der Waals surface area contributed by atoms with Crippen LogP contribution in [0.25, 0.3) is 0 Å². The highest BCUT2D eigenvalue weighted by Gasteiger charge is 2.37. The molecular weight excluding hydrogens is 532 g/mol. The first-order chi connectivity index (χ1) is 20.3. The number of nitrogens with two attached hydrogens (primary N) is 2. The number of rotatable bonds is 3. The Morgan fingerprint density at radius 3 is 2.24 bits per heavy atom. The van der Waals surface area contributed by atoms with Gasteiger partial charge in [0.05, 0.1) is 0 Å². The number of hydrogen-bond acceptors (Lipinski definition) is 10. The molecule has 9 rings (SSSR count). The van der Waals surface area contributed by atoms with Crippen LogP contribution in [-0.4, -0.2) is 75.3 Å². The molecule has 12 heteroatoms. The Balaban J connectivity index is 0.000000183. The van der Waals surface area contributed by atoms with E-state index in [1.165, 1.54) is 23.5 Å². The van der Waals surface area contributed by atoms with E-state index in [9.17, 15) is 4.79 Å². The van der Waals surface area contributed by atoms with Gasteiger partial charge in [-0.15, -0.1) is 10.2 Å². The van der Waals surface area contributed by atoms with Crippen molar-refractivity contribution in [2.75, 3.05) is 37.4 Å². The molecule has 7 aliphatic rings. The van der Waals surface area contributed by atoms with Crippen molar-refractivity contribution in [2.45, 2.75) is 65.0 Å². The minimum atomic E-state index is 0.155. The lowest BCUT2D eigenvalue weighted by atomic mass is 10.0. The van der Waals surface area contributed by atoms with Gasteiger partial charge in [0.25, 0.3) is 0 Å². The predicted molar refractivity (Wildman–Crippen MR) is 164 cm³/mol. The summed E-state index contributed by atoms with van der Waals surface area (Å²) in [7, 11) is 2.01. The van der Waals surface area contributed by atoms with Gasteiger partial charge < -0.3 is 25.3 Å². The topological polar surface area (TPSA) is 145 Å². The van der Waals surface area contributed by atoms with Gasteiger partial charge in [0, 0.05) is 45.7 Å². The smallest absolute Gasteiger partial charge is 0.219 e. The number of benzene rings is 1. The number of carbonyl (C=O) groups excluding carboxylic acids is 1. The van der Waals surface area contributed by atoms with Crippen LogP contribution in [0.1, 0.15) is 52.0 Å². The Kier molecular flexibility index (Phi) is 10.2. The zero-order valence-corrected chi connectivity index (χ0v) is 25.1. The summed E-state index contributed by atoms with van der Waals surface area (Å²) in [5, 5.41) is 17.6. The largest absolute Gasteiger partial charge is 0.463 e. The highest BCUT2D eigenvalue weighted by Crippen LogP contribution is 2.34. The van der Waals surface area contributed by atoms with Crippen LogP contribution in [0.15, 0.2) is 65.6 Å². The zero-order chi connectivity index (χ0) is 30.2. The summed E-state index contributed by atoms with van der Waals surface area (Å²) >= 11 is 0. The molecule has 2 aromatic rings. The number of amides is 1. The summed E-state index contributed by atoms with van der Waals surface area (Å²) in [4.78, 5) is 18.9. The number of nitrogen functional groups attached to an aromatic ring is 1. The number of nitrogens with zero attached hydrogens (tertiary/aromatic N) is 7. The van der Waals surface area contributed by atoms with Crippen molar-refractivity contribution in [3.63, 3.8) is 0 Å². The number of allylic oxidation sites excluding steroid dienone is 1. The first kappa shape index (κ1) is 30.6. The zero-order valence-electron chi connectivity index (χ0n) is 25.1. The Morgan fingerprint density at radius 2 is 1.64 bits per heavy atom. The number of amidine groups is 1. The molecule has 1 saturated heterocycles. The second-order valence-corrected chi connectivity index (χ2v) is 10.5. The van der Waals surface area contributed by atoms with Crippen molar-refractivity contribution in [3.05, 3.63) is 71.6 Å². The molecule has 0 spiro atoms. The van der Waals surface area contributed by atoms with Gasteiger partial charge in [-0.1, -0.05) is 26.0 Å². The third-order valence-electron chi connectivity index (χ3n) is 7.60. The van der Waals surface area contributed by atoms with Crippen molar-refractivity contribution < 1.29 is 9.53 Å². The Bertz CT molecular complexity index is 1350. The number of hydrazine groups is 1. The molecule has 42 heavy (non-hydrogen) atoms. The van der Waals surface area contributed by atoms with Crippen molar-refractivity contribution in [3.8, 4) is 5.75 Å². The van der Waals surface area contributed by atoms with Crippen molar-refractivity contribution in [2.24, 2.45) is 10.9 Å². The molecule has 1 aromatic carbocycles. The van der Waals surface area contributed by atoms with E-state index < -0.39 is 0 Å². The molecule has 1 aromatic heterocycles. The average molecular weight is 577 g/mol. The fourth-order valence-corrected chi connectivity index (χ4v) is 5.06. The van der Waals surface area contributed by atoms with Gasteiger partial charge in [-0.3, -0.25) is 10.2 Å². The van der Waals surface area contributed by atoms with Gasteiger partial charge in [0.15, 0.2) is 11.3 Å². The summed E-state index contributed by atoms with van der Waals surface area (Å²) < 4.78 is 5.58. The second-order valence-electron chi connectivity index (χ2n) is 10.5. The molecule has 0 atom stereocenters. The lowest BCUT2D eigenvalue weighted by molar-refractivity contribution is -0.129. The quantitative estimate of drug-likeness (QED) is 0.473. The number of likely N-dealkylation sites (tertiary alicyclic amines) is 1. The lowest BCUT2D eigenvalue weighted by Crippen LogP contribution is -2.48. The molecule has 1 aliphatic carbocycles. The molecular formula is C30H44N10O2. The monoisotopic (exact) mass is 576 g/mol. The third kappa shape index (κ3) is 7.69. The fourth-order valence-electron chi connectivity index (χ4n) is 5.06. The number of likely N-dealkylation sites (N-methyl/N-ethyl adjacent to an activating group) is 1. The van der Waals surface area contributed by atoms with Crippen LogP contribution in [0.3, 0.4) is 0 Å². The number of nitrogens with one attached hydrogen (secondary N) is 1. The fraction of sp³-hybridized carbons (Fsp3) is 0.467. The molecule has 4 bridgehead atoms. The first-order valence-electron chi connectivity index (χ1n) is 14.7. The van der Waals surface area contributed by atoms with Crippen LogP contribution in [-0.2, 0) is 11.2 Å². The standard InChI is InChI=1S/C14H22N6O.C14H16N4O.C2H6/c1-10(21)18-8-6-12(7-9-18)19(11-2-3-11)14-5-4-13(15)20(16)17-14;1-17-9-8-11-2-5-13(6-3-11)19-10-12-4-7-14(17)16-18(12)15;1-2/h4-5,11-12,15H,2-3,6-9,16H2,1H3;2-7,10H,8-9,15H2,1H3;1-2H3/b;12-10+;. The molecule has 0 unspecified atom stereocenters. The SMILES string of the molecule is CC.CC(=O)N1CCC(N(c2ccc(=N)n(N)n2)C2CC2)CC1.CN1CCc2ccc(cc2)O/C=C2\C=CC1=NN2N. The second kappa shape index (κ2) is 14.0. The van der Waals surface area contributed by atoms with Gasteiger partial charge in [-0.05, 0) is 74.1 Å². The summed E-state index contributed by atoms with van der Waals surface area (Å²) in [6, 6.07) is 12.6. The molecule has 5 N–H and O–H groups in total. The predicted octanol–water partition coefficient (Wildman–Crippen LogP) is 2.54. The molecule has 1 saturated carbocycles. The third-order valence-corrected chi connectivity index (χ3v) is 7.60. The summed E-state index contributed by atoms with van der Waals surface area (Å²) in [6.45, 7) is 8.13. The van der Waals surface area contributed by atoms with Crippen LogP contribution in [0.4, 0.5) is 5.82 Å². The molecule has 1 amide bonds. The number of hydrazone groups is 1. The van der Waals surface area contributed by atoms with Gasteiger partial charge in [0.1, 0.15) is 23.5 Å². The summed E-state index contributed by atoms with van der Waals surface area (Å²) in [6.07, 6.45) is 10.7. The van der Waals surface area contributed by atoms with Crippen LogP contribution >= 0.6 is 0 Å². The average Bonchev–Trinajstić information content (AvgIpc) is 3.84. The summed E-state index contributed by atoms with van der Waals surface area (Å²) in [5.41, 5.74) is 2.18. The maximum Gasteiger partial charge on any atom is 0.219 e. The lowest BCUT2D eigenvalue weighted by Gasteiger charge is -2.39. The van der Waals surface area contributed by atoms with Gasteiger partial charge in [-0.25, -0.2) is 5.84 Å². The maximum absolute atomic E-state index is 11.4. The Hall–Kier alpha value is -4.32. The molecule has 7 heterocycles. The molecule has 12 nitrogen and oxygen atoms in total. The molecule has 0 radical (unpaired) electrons. The van der Waals surface area contributed by atoms with Crippen LogP contribution in [0.2, 0.25) is 0 Å². The van der Waals surface area contributed by atoms with Crippen molar-refractivity contribution in [1.29, 1.82) is 5.41 Å². The van der Waals surface area contributed by atoms with Crippen LogP contribution in [0.5, 0.6) is 5.75 Å². The Labute approximate surface area is 247 Å².